The van der Waals surface area contributed by atoms with E-state index < -0.39 is 0 Å². The molecule has 3 nitrogen and oxygen atoms in total. The van der Waals surface area contributed by atoms with Crippen LogP contribution in [0.3, 0.4) is 0 Å². The first kappa shape index (κ1) is 11.3. The fraction of sp³-hybridized carbons (Fsp3) is 0.143. The molecule has 0 fully saturated rings. The summed E-state index contributed by atoms with van der Waals surface area (Å²) >= 11 is 0. The Balaban J connectivity index is 2.22. The molecule has 0 unspecified atom stereocenters. The summed E-state index contributed by atoms with van der Waals surface area (Å²) < 4.78 is 10.7. The van der Waals surface area contributed by atoms with E-state index in [0.29, 0.717) is 11.5 Å². The van der Waals surface area contributed by atoms with Gasteiger partial charge in [0.25, 0.3) is 0 Å². The summed E-state index contributed by atoms with van der Waals surface area (Å²) in [7, 11) is 1.62. The quantitative estimate of drug-likeness (QED) is 0.877. The number of phenols is 1. The SMILES string of the molecule is COc1ccc(Oc2cc(O)ccc2C)cc1. The molecule has 0 saturated carbocycles. The van der Waals surface area contributed by atoms with Gasteiger partial charge in [-0.3, -0.25) is 0 Å². The van der Waals surface area contributed by atoms with E-state index >= 15 is 0 Å². The van der Waals surface area contributed by atoms with Crippen LogP contribution in [0, 0.1) is 6.92 Å². The first-order chi connectivity index (χ1) is 8.19. The fourth-order valence-electron chi connectivity index (χ4n) is 1.47. The van der Waals surface area contributed by atoms with Gasteiger partial charge in [-0.2, -0.15) is 0 Å². The van der Waals surface area contributed by atoms with Crippen molar-refractivity contribution >= 4 is 0 Å². The van der Waals surface area contributed by atoms with Crippen LogP contribution in [-0.2, 0) is 0 Å². The zero-order valence-electron chi connectivity index (χ0n) is 9.81. The molecule has 0 aliphatic carbocycles. The maximum atomic E-state index is 9.40. The molecular weight excluding hydrogens is 216 g/mol. The maximum absolute atomic E-state index is 9.40. The molecule has 0 aliphatic rings. The largest absolute Gasteiger partial charge is 0.508 e. The van der Waals surface area contributed by atoms with Gasteiger partial charge in [0.1, 0.15) is 23.0 Å². The molecule has 1 N–H and O–H groups in total. The topological polar surface area (TPSA) is 38.7 Å². The summed E-state index contributed by atoms with van der Waals surface area (Å²) in [6.45, 7) is 1.93. The van der Waals surface area contributed by atoms with Crippen molar-refractivity contribution in [2.75, 3.05) is 7.11 Å². The Hall–Kier alpha value is -2.16. The molecule has 0 atom stereocenters. The lowest BCUT2D eigenvalue weighted by atomic mass is 10.2. The number of aryl methyl sites for hydroxylation is 1. The monoisotopic (exact) mass is 230 g/mol. The standard InChI is InChI=1S/C14H14O3/c1-10-3-4-11(15)9-14(10)17-13-7-5-12(16-2)6-8-13/h3-9,15H,1-2H3. The van der Waals surface area contributed by atoms with Gasteiger partial charge in [0.2, 0.25) is 0 Å². The predicted octanol–water partition coefficient (Wildman–Crippen LogP) is 3.50. The molecule has 2 aromatic rings. The van der Waals surface area contributed by atoms with E-state index in [4.69, 9.17) is 9.47 Å². The van der Waals surface area contributed by atoms with Crippen molar-refractivity contribution in [1.82, 2.24) is 0 Å². The van der Waals surface area contributed by atoms with Crippen LogP contribution in [0.5, 0.6) is 23.0 Å². The van der Waals surface area contributed by atoms with Gasteiger partial charge in [0.15, 0.2) is 0 Å². The van der Waals surface area contributed by atoms with Crippen molar-refractivity contribution < 1.29 is 14.6 Å². The number of methoxy groups -OCH3 is 1. The lowest BCUT2D eigenvalue weighted by molar-refractivity contribution is 0.412. The van der Waals surface area contributed by atoms with E-state index in [0.717, 1.165) is 11.3 Å². The van der Waals surface area contributed by atoms with Crippen molar-refractivity contribution in [3.05, 3.63) is 48.0 Å². The number of ether oxygens (including phenoxy) is 2. The van der Waals surface area contributed by atoms with Crippen LogP contribution in [0.1, 0.15) is 5.56 Å². The second kappa shape index (κ2) is 4.78. The molecule has 2 rings (SSSR count). The minimum absolute atomic E-state index is 0.194. The van der Waals surface area contributed by atoms with Crippen molar-refractivity contribution in [3.63, 3.8) is 0 Å². The number of aromatic hydroxyl groups is 1. The summed E-state index contributed by atoms with van der Waals surface area (Å²) in [5, 5.41) is 9.40. The molecule has 88 valence electrons. The minimum Gasteiger partial charge on any atom is -0.508 e. The van der Waals surface area contributed by atoms with Crippen molar-refractivity contribution in [3.8, 4) is 23.0 Å². The van der Waals surface area contributed by atoms with Crippen molar-refractivity contribution in [2.45, 2.75) is 6.92 Å². The van der Waals surface area contributed by atoms with Crippen LogP contribution in [-0.4, -0.2) is 12.2 Å². The second-order valence-electron chi connectivity index (χ2n) is 3.73. The van der Waals surface area contributed by atoms with Gasteiger partial charge in [-0.15, -0.1) is 0 Å². The van der Waals surface area contributed by atoms with E-state index in [9.17, 15) is 5.11 Å². The molecular formula is C14H14O3. The van der Waals surface area contributed by atoms with Crippen LogP contribution in [0.2, 0.25) is 0 Å². The number of rotatable bonds is 3. The smallest absolute Gasteiger partial charge is 0.134 e. The Labute approximate surface area is 100 Å². The summed E-state index contributed by atoms with van der Waals surface area (Å²) in [6, 6.07) is 12.3. The third kappa shape index (κ3) is 2.69. The molecule has 0 aromatic heterocycles. The predicted molar refractivity (Wildman–Crippen MR) is 65.9 cm³/mol. The van der Waals surface area contributed by atoms with E-state index in [1.165, 1.54) is 0 Å². The average molecular weight is 230 g/mol. The molecule has 2 aromatic carbocycles. The molecule has 0 spiro atoms. The first-order valence-corrected chi connectivity index (χ1v) is 5.30. The summed E-state index contributed by atoms with van der Waals surface area (Å²) in [4.78, 5) is 0. The van der Waals surface area contributed by atoms with Crippen LogP contribution in [0.25, 0.3) is 0 Å². The summed E-state index contributed by atoms with van der Waals surface area (Å²) in [5.41, 5.74) is 0.971. The molecule has 3 heteroatoms. The van der Waals surface area contributed by atoms with Crippen LogP contribution >= 0.6 is 0 Å². The Morgan fingerprint density at radius 1 is 0.941 bits per heavy atom. The maximum Gasteiger partial charge on any atom is 0.134 e. The van der Waals surface area contributed by atoms with Crippen molar-refractivity contribution in [1.29, 1.82) is 0 Å². The first-order valence-electron chi connectivity index (χ1n) is 5.30. The second-order valence-corrected chi connectivity index (χ2v) is 3.73. The fourth-order valence-corrected chi connectivity index (χ4v) is 1.47. The lowest BCUT2D eigenvalue weighted by Crippen LogP contribution is -1.88. The summed E-state index contributed by atoms with van der Waals surface area (Å²) in [6.07, 6.45) is 0. The van der Waals surface area contributed by atoms with Gasteiger partial charge < -0.3 is 14.6 Å². The molecule has 17 heavy (non-hydrogen) atoms. The third-order valence-corrected chi connectivity index (χ3v) is 2.46. The number of hydrogen-bond donors (Lipinski definition) is 1. The molecule has 0 amide bonds. The van der Waals surface area contributed by atoms with Crippen LogP contribution in [0.4, 0.5) is 0 Å². The van der Waals surface area contributed by atoms with Gasteiger partial charge in [-0.05, 0) is 42.8 Å². The number of phenolic OH excluding ortho intramolecular Hbond substituents is 1. The third-order valence-electron chi connectivity index (χ3n) is 2.46. The highest BCUT2D eigenvalue weighted by molar-refractivity contribution is 5.42. The Bertz CT molecular complexity index is 503. The van der Waals surface area contributed by atoms with Crippen molar-refractivity contribution in [2.24, 2.45) is 0 Å². The zero-order chi connectivity index (χ0) is 12.3. The molecule has 0 aliphatic heterocycles. The number of benzene rings is 2. The van der Waals surface area contributed by atoms with Gasteiger partial charge in [0.05, 0.1) is 7.11 Å². The Morgan fingerprint density at radius 3 is 2.24 bits per heavy atom. The number of hydrogen-bond acceptors (Lipinski definition) is 3. The summed E-state index contributed by atoms with van der Waals surface area (Å²) in [5.74, 6) is 2.33. The van der Waals surface area contributed by atoms with Gasteiger partial charge in [0, 0.05) is 6.07 Å². The van der Waals surface area contributed by atoms with Gasteiger partial charge >= 0.3 is 0 Å². The Kier molecular flexibility index (Phi) is 3.19. The van der Waals surface area contributed by atoms with E-state index in [1.54, 1.807) is 19.2 Å². The van der Waals surface area contributed by atoms with Crippen LogP contribution < -0.4 is 9.47 Å². The molecule has 0 bridgehead atoms. The highest BCUT2D eigenvalue weighted by Crippen LogP contribution is 2.29. The molecule has 0 saturated heterocycles. The lowest BCUT2D eigenvalue weighted by Gasteiger charge is -2.09. The molecule has 0 heterocycles. The highest BCUT2D eigenvalue weighted by atomic mass is 16.5. The van der Waals surface area contributed by atoms with E-state index in [2.05, 4.69) is 0 Å². The minimum atomic E-state index is 0.194. The highest BCUT2D eigenvalue weighted by Gasteiger charge is 2.03. The Morgan fingerprint density at radius 2 is 1.59 bits per heavy atom. The normalized spacial score (nSPS) is 10.0. The van der Waals surface area contributed by atoms with Gasteiger partial charge in [-0.25, -0.2) is 0 Å². The molecule has 0 radical (unpaired) electrons. The van der Waals surface area contributed by atoms with Crippen LogP contribution in [0.15, 0.2) is 42.5 Å². The van der Waals surface area contributed by atoms with E-state index in [1.807, 2.05) is 37.3 Å². The zero-order valence-corrected chi connectivity index (χ0v) is 9.81. The van der Waals surface area contributed by atoms with Gasteiger partial charge in [-0.1, -0.05) is 6.07 Å². The average Bonchev–Trinajstić information content (AvgIpc) is 2.35. The van der Waals surface area contributed by atoms with E-state index in [-0.39, 0.29) is 5.75 Å².